The fourth-order valence-electron chi connectivity index (χ4n) is 2.35. The van der Waals surface area contributed by atoms with E-state index >= 15 is 0 Å². The highest BCUT2D eigenvalue weighted by Gasteiger charge is 2.32. The summed E-state index contributed by atoms with van der Waals surface area (Å²) in [6.45, 7) is 2.56. The number of ether oxygens (including phenoxy) is 2. The molecule has 0 bridgehead atoms. The van der Waals surface area contributed by atoms with Gasteiger partial charge in [-0.3, -0.25) is 4.79 Å². The number of thiophene rings is 1. The molecule has 1 N–H and O–H groups in total. The van der Waals surface area contributed by atoms with Crippen LogP contribution in [-0.4, -0.2) is 56.9 Å². The van der Waals surface area contributed by atoms with E-state index in [9.17, 15) is 4.79 Å². The Balaban J connectivity index is 1.96. The van der Waals surface area contributed by atoms with Gasteiger partial charge in [-0.25, -0.2) is 0 Å². The van der Waals surface area contributed by atoms with Crippen molar-refractivity contribution in [1.82, 2.24) is 10.2 Å². The van der Waals surface area contributed by atoms with Crippen molar-refractivity contribution < 1.29 is 14.3 Å². The molecule has 1 aliphatic rings. The fraction of sp³-hybridized carbons (Fsp3) is 0.643. The van der Waals surface area contributed by atoms with Gasteiger partial charge < -0.3 is 19.7 Å². The summed E-state index contributed by atoms with van der Waals surface area (Å²) in [5.74, 6) is 0.134. The number of nitrogens with zero attached hydrogens (tertiary/aromatic N) is 1. The van der Waals surface area contributed by atoms with Crippen molar-refractivity contribution >= 4 is 17.2 Å². The first-order valence-electron chi connectivity index (χ1n) is 6.81. The molecule has 0 radical (unpaired) electrons. The summed E-state index contributed by atoms with van der Waals surface area (Å²) in [6.07, 6.45) is 0.874. The van der Waals surface area contributed by atoms with Crippen LogP contribution in [-0.2, 0) is 20.8 Å². The summed E-state index contributed by atoms with van der Waals surface area (Å²) in [7, 11) is 3.34. The van der Waals surface area contributed by atoms with Crippen molar-refractivity contribution in [3.8, 4) is 0 Å². The molecule has 5 nitrogen and oxygen atoms in total. The molecule has 2 atom stereocenters. The molecular formula is C14H22N2O3S. The Labute approximate surface area is 123 Å². The lowest BCUT2D eigenvalue weighted by Gasteiger charge is -2.25. The van der Waals surface area contributed by atoms with Crippen molar-refractivity contribution in [3.05, 3.63) is 22.4 Å². The fourth-order valence-corrected chi connectivity index (χ4v) is 3.07. The molecule has 2 heterocycles. The monoisotopic (exact) mass is 298 g/mol. The minimum atomic E-state index is -0.142. The second-order valence-electron chi connectivity index (χ2n) is 4.89. The van der Waals surface area contributed by atoms with Crippen LogP contribution in [0, 0.1) is 0 Å². The Hall–Kier alpha value is -0.950. The van der Waals surface area contributed by atoms with E-state index in [4.69, 9.17) is 9.47 Å². The summed E-state index contributed by atoms with van der Waals surface area (Å²) in [6, 6.07) is 3.92. The van der Waals surface area contributed by atoms with Crippen molar-refractivity contribution in [1.29, 1.82) is 0 Å². The number of nitrogens with one attached hydrogen (secondary N) is 1. The SMILES string of the molecule is COCCN(Cc1cccs1)C(=O)C1CC(OC)CN1. The molecular weight excluding hydrogens is 276 g/mol. The highest BCUT2D eigenvalue weighted by molar-refractivity contribution is 7.09. The molecule has 1 aromatic heterocycles. The number of rotatable bonds is 7. The Bertz CT molecular complexity index is 411. The van der Waals surface area contributed by atoms with Gasteiger partial charge in [0.25, 0.3) is 0 Å². The van der Waals surface area contributed by atoms with Crippen LogP contribution in [0.15, 0.2) is 17.5 Å². The molecule has 2 unspecified atom stereocenters. The van der Waals surface area contributed by atoms with Crippen LogP contribution < -0.4 is 5.32 Å². The molecule has 0 aliphatic carbocycles. The van der Waals surface area contributed by atoms with Crippen LogP contribution in [0.5, 0.6) is 0 Å². The topological polar surface area (TPSA) is 50.8 Å². The molecule has 112 valence electrons. The van der Waals surface area contributed by atoms with Gasteiger partial charge in [0.2, 0.25) is 5.91 Å². The van der Waals surface area contributed by atoms with Gasteiger partial charge in [-0.05, 0) is 17.9 Å². The van der Waals surface area contributed by atoms with Gasteiger partial charge in [0.15, 0.2) is 0 Å². The van der Waals surface area contributed by atoms with E-state index in [0.29, 0.717) is 19.7 Å². The summed E-state index contributed by atoms with van der Waals surface area (Å²) in [5, 5.41) is 5.27. The zero-order valence-corrected chi connectivity index (χ0v) is 12.8. The minimum absolute atomic E-state index is 0.134. The first kappa shape index (κ1) is 15.4. The van der Waals surface area contributed by atoms with Gasteiger partial charge in [0.1, 0.15) is 0 Å². The van der Waals surface area contributed by atoms with Gasteiger partial charge in [-0.1, -0.05) is 6.07 Å². The second-order valence-corrected chi connectivity index (χ2v) is 5.92. The highest BCUT2D eigenvalue weighted by atomic mass is 32.1. The first-order chi connectivity index (χ1) is 9.74. The molecule has 1 aromatic rings. The summed E-state index contributed by atoms with van der Waals surface area (Å²) in [4.78, 5) is 15.7. The van der Waals surface area contributed by atoms with E-state index < -0.39 is 0 Å². The minimum Gasteiger partial charge on any atom is -0.383 e. The lowest BCUT2D eigenvalue weighted by atomic mass is 10.1. The number of methoxy groups -OCH3 is 2. The zero-order valence-electron chi connectivity index (χ0n) is 12.0. The maximum atomic E-state index is 12.6. The van der Waals surface area contributed by atoms with Crippen LogP contribution in [0.4, 0.5) is 0 Å². The van der Waals surface area contributed by atoms with Gasteiger partial charge >= 0.3 is 0 Å². The Morgan fingerprint density at radius 1 is 1.55 bits per heavy atom. The average Bonchev–Trinajstić information content (AvgIpc) is 3.13. The van der Waals surface area contributed by atoms with Gasteiger partial charge in [-0.2, -0.15) is 0 Å². The number of carbonyl (C=O) groups is 1. The number of hydrogen-bond acceptors (Lipinski definition) is 5. The Morgan fingerprint density at radius 2 is 2.40 bits per heavy atom. The van der Waals surface area contributed by atoms with Gasteiger partial charge in [0.05, 0.1) is 25.3 Å². The third kappa shape index (κ3) is 4.02. The van der Waals surface area contributed by atoms with Crippen molar-refractivity contribution in [2.45, 2.75) is 25.1 Å². The Morgan fingerprint density at radius 3 is 3.00 bits per heavy atom. The number of hydrogen-bond donors (Lipinski definition) is 1. The standard InChI is InChI=1S/C14H22N2O3S/c1-18-6-5-16(10-12-4-3-7-20-12)14(17)13-8-11(19-2)9-15-13/h3-4,7,11,13,15H,5-6,8-10H2,1-2H3. The van der Waals surface area contributed by atoms with Gasteiger partial charge in [0, 0.05) is 32.2 Å². The second kappa shape index (κ2) is 7.73. The summed E-state index contributed by atoms with van der Waals surface area (Å²) < 4.78 is 10.4. The normalized spacial score (nSPS) is 22.1. The predicted molar refractivity (Wildman–Crippen MR) is 78.8 cm³/mol. The van der Waals surface area contributed by atoms with Crippen LogP contribution in [0.3, 0.4) is 0 Å². The van der Waals surface area contributed by atoms with E-state index in [0.717, 1.165) is 13.0 Å². The highest BCUT2D eigenvalue weighted by Crippen LogP contribution is 2.16. The first-order valence-corrected chi connectivity index (χ1v) is 7.69. The zero-order chi connectivity index (χ0) is 14.4. The molecule has 0 saturated carbocycles. The van der Waals surface area contributed by atoms with E-state index in [2.05, 4.69) is 11.4 Å². The molecule has 20 heavy (non-hydrogen) atoms. The molecule has 0 aromatic carbocycles. The van der Waals surface area contributed by atoms with E-state index in [1.807, 2.05) is 16.3 Å². The van der Waals surface area contributed by atoms with Crippen molar-refractivity contribution in [2.75, 3.05) is 33.9 Å². The number of carbonyl (C=O) groups excluding carboxylic acids is 1. The molecule has 2 rings (SSSR count). The van der Waals surface area contributed by atoms with Gasteiger partial charge in [-0.15, -0.1) is 11.3 Å². The largest absolute Gasteiger partial charge is 0.383 e. The lowest BCUT2D eigenvalue weighted by molar-refractivity contribution is -0.134. The van der Waals surface area contributed by atoms with E-state index in [-0.39, 0.29) is 18.1 Å². The van der Waals surface area contributed by atoms with Crippen LogP contribution >= 0.6 is 11.3 Å². The van der Waals surface area contributed by atoms with Crippen LogP contribution in [0.1, 0.15) is 11.3 Å². The van der Waals surface area contributed by atoms with E-state index in [1.165, 1.54) is 4.88 Å². The molecule has 1 aliphatic heterocycles. The number of amides is 1. The molecule has 1 fully saturated rings. The summed E-state index contributed by atoms with van der Waals surface area (Å²) >= 11 is 1.67. The average molecular weight is 298 g/mol. The molecule has 6 heteroatoms. The molecule has 0 spiro atoms. The van der Waals surface area contributed by atoms with Crippen LogP contribution in [0.25, 0.3) is 0 Å². The molecule has 1 saturated heterocycles. The summed E-state index contributed by atoms with van der Waals surface area (Å²) in [5.41, 5.74) is 0. The van der Waals surface area contributed by atoms with Crippen molar-refractivity contribution in [3.63, 3.8) is 0 Å². The van der Waals surface area contributed by atoms with Crippen molar-refractivity contribution in [2.24, 2.45) is 0 Å². The predicted octanol–water partition coefficient (Wildman–Crippen LogP) is 1.10. The van der Waals surface area contributed by atoms with Crippen LogP contribution in [0.2, 0.25) is 0 Å². The third-order valence-electron chi connectivity index (χ3n) is 3.53. The smallest absolute Gasteiger partial charge is 0.240 e. The lowest BCUT2D eigenvalue weighted by Crippen LogP contribution is -2.44. The maximum Gasteiger partial charge on any atom is 0.240 e. The third-order valence-corrected chi connectivity index (χ3v) is 4.39. The molecule has 1 amide bonds. The quantitative estimate of drug-likeness (QED) is 0.819. The van der Waals surface area contributed by atoms with E-state index in [1.54, 1.807) is 25.6 Å². The maximum absolute atomic E-state index is 12.6. The Kier molecular flexibility index (Phi) is 5.97.